The van der Waals surface area contributed by atoms with Crippen LogP contribution in [0.5, 0.6) is 0 Å². The third-order valence-corrected chi connectivity index (χ3v) is 6.03. The Kier molecular flexibility index (Phi) is 2.46. The first-order valence-corrected chi connectivity index (χ1v) is 7.59. The first-order valence-electron chi connectivity index (χ1n) is 7.59. The number of hydrogen-bond acceptors (Lipinski definition) is 3. The topological polar surface area (TPSA) is 40.5 Å². The molecule has 2 bridgehead atoms. The Hall–Kier alpha value is -1.19. The molecule has 0 radical (unpaired) electrons. The summed E-state index contributed by atoms with van der Waals surface area (Å²) >= 11 is 0. The molecule has 1 saturated heterocycles. The lowest BCUT2D eigenvalue weighted by atomic mass is 9.49. The SMILES string of the molecule is CN1CC[C@]23CC(=O)CCC2(O)[C@H]1Cc1ccccc13. The van der Waals surface area contributed by atoms with E-state index in [-0.39, 0.29) is 11.5 Å². The highest BCUT2D eigenvalue weighted by Gasteiger charge is 2.63. The lowest BCUT2D eigenvalue weighted by molar-refractivity contribution is -0.168. The van der Waals surface area contributed by atoms with Crippen LogP contribution in [0.15, 0.2) is 24.3 Å². The number of nitrogens with zero attached hydrogens (tertiary/aromatic N) is 1. The lowest BCUT2D eigenvalue weighted by Gasteiger charge is -2.62. The number of ketones is 1. The second-order valence-corrected chi connectivity index (χ2v) is 6.83. The average Bonchev–Trinajstić information content (AvgIpc) is 2.44. The molecule has 0 aromatic heterocycles. The molecule has 0 amide bonds. The molecule has 1 heterocycles. The summed E-state index contributed by atoms with van der Waals surface area (Å²) in [6, 6.07) is 8.58. The maximum absolute atomic E-state index is 12.1. The van der Waals surface area contributed by atoms with Gasteiger partial charge in [-0.1, -0.05) is 24.3 Å². The maximum atomic E-state index is 12.1. The van der Waals surface area contributed by atoms with Crippen molar-refractivity contribution in [3.05, 3.63) is 35.4 Å². The summed E-state index contributed by atoms with van der Waals surface area (Å²) in [5, 5.41) is 11.5. The number of benzene rings is 1. The molecule has 3 heteroatoms. The van der Waals surface area contributed by atoms with Crippen molar-refractivity contribution in [3.63, 3.8) is 0 Å². The van der Waals surface area contributed by atoms with Crippen LogP contribution in [-0.2, 0) is 16.6 Å². The molecule has 0 spiro atoms. The van der Waals surface area contributed by atoms with Gasteiger partial charge >= 0.3 is 0 Å². The van der Waals surface area contributed by atoms with Gasteiger partial charge in [0.1, 0.15) is 5.78 Å². The minimum atomic E-state index is -0.734. The van der Waals surface area contributed by atoms with Gasteiger partial charge in [-0.15, -0.1) is 0 Å². The van der Waals surface area contributed by atoms with E-state index in [1.54, 1.807) is 0 Å². The van der Waals surface area contributed by atoms with Crippen molar-refractivity contribution in [1.29, 1.82) is 0 Å². The van der Waals surface area contributed by atoms with Gasteiger partial charge in [-0.2, -0.15) is 0 Å². The number of hydrogen-bond donors (Lipinski definition) is 1. The molecule has 20 heavy (non-hydrogen) atoms. The summed E-state index contributed by atoms with van der Waals surface area (Å²) < 4.78 is 0. The van der Waals surface area contributed by atoms with Crippen LogP contribution in [-0.4, -0.2) is 41.0 Å². The molecular formula is C17H21NO2. The molecule has 1 saturated carbocycles. The van der Waals surface area contributed by atoms with Crippen molar-refractivity contribution in [1.82, 2.24) is 4.90 Å². The van der Waals surface area contributed by atoms with Gasteiger partial charge in [0.05, 0.1) is 5.60 Å². The predicted octanol–water partition coefficient (Wildman–Crippen LogP) is 1.67. The molecule has 1 aliphatic heterocycles. The zero-order chi connectivity index (χ0) is 14.0. The number of carbonyl (C=O) groups excluding carboxylic acids is 1. The second-order valence-electron chi connectivity index (χ2n) is 6.83. The van der Waals surface area contributed by atoms with Crippen molar-refractivity contribution >= 4 is 5.78 Å². The van der Waals surface area contributed by atoms with Gasteiger partial charge in [0.2, 0.25) is 0 Å². The summed E-state index contributed by atoms with van der Waals surface area (Å²) in [6.07, 6.45) is 3.46. The molecule has 3 nitrogen and oxygen atoms in total. The van der Waals surface area contributed by atoms with Crippen LogP contribution < -0.4 is 0 Å². The van der Waals surface area contributed by atoms with E-state index in [4.69, 9.17) is 0 Å². The monoisotopic (exact) mass is 271 g/mol. The summed E-state index contributed by atoms with van der Waals surface area (Å²) in [6.45, 7) is 0.967. The van der Waals surface area contributed by atoms with E-state index in [0.717, 1.165) is 19.4 Å². The van der Waals surface area contributed by atoms with Crippen molar-refractivity contribution in [2.45, 2.75) is 49.2 Å². The Morgan fingerprint density at radius 3 is 2.95 bits per heavy atom. The largest absolute Gasteiger partial charge is 0.387 e. The molecular weight excluding hydrogens is 250 g/mol. The number of aliphatic hydroxyl groups is 1. The number of fused-ring (bicyclic) bond motifs is 1. The number of Topliss-reactive ketones (excluding diaryl/α,β-unsaturated/α-hetero) is 1. The number of rotatable bonds is 0. The number of piperidine rings is 1. The van der Waals surface area contributed by atoms with E-state index in [0.29, 0.717) is 25.0 Å². The van der Waals surface area contributed by atoms with Crippen LogP contribution in [0, 0.1) is 0 Å². The van der Waals surface area contributed by atoms with Crippen molar-refractivity contribution in [2.24, 2.45) is 0 Å². The highest BCUT2D eigenvalue weighted by molar-refractivity contribution is 5.82. The summed E-state index contributed by atoms with van der Waals surface area (Å²) in [5.41, 5.74) is 1.49. The molecule has 1 aromatic rings. The molecule has 2 aliphatic carbocycles. The minimum Gasteiger partial charge on any atom is -0.387 e. The van der Waals surface area contributed by atoms with Crippen LogP contribution in [0.4, 0.5) is 0 Å². The Morgan fingerprint density at radius 2 is 2.10 bits per heavy atom. The van der Waals surface area contributed by atoms with Gasteiger partial charge in [0.25, 0.3) is 0 Å². The van der Waals surface area contributed by atoms with Gasteiger partial charge in [-0.25, -0.2) is 0 Å². The fraction of sp³-hybridized carbons (Fsp3) is 0.588. The average molecular weight is 271 g/mol. The van der Waals surface area contributed by atoms with E-state index in [2.05, 4.69) is 30.1 Å². The van der Waals surface area contributed by atoms with Crippen molar-refractivity contribution in [3.8, 4) is 0 Å². The van der Waals surface area contributed by atoms with Crippen LogP contribution in [0.3, 0.4) is 0 Å². The second kappa shape index (κ2) is 3.92. The Morgan fingerprint density at radius 1 is 1.30 bits per heavy atom. The van der Waals surface area contributed by atoms with Gasteiger partial charge in [-0.3, -0.25) is 4.79 Å². The number of likely N-dealkylation sites (N-methyl/N-ethyl adjacent to an activating group) is 1. The molecule has 1 aromatic carbocycles. The normalized spacial score (nSPS) is 40.1. The number of likely N-dealkylation sites (tertiary alicyclic amines) is 1. The highest BCUT2D eigenvalue weighted by atomic mass is 16.3. The van der Waals surface area contributed by atoms with E-state index < -0.39 is 5.60 Å². The van der Waals surface area contributed by atoms with E-state index >= 15 is 0 Å². The fourth-order valence-corrected chi connectivity index (χ4v) is 4.99. The first kappa shape index (κ1) is 12.5. The van der Waals surface area contributed by atoms with E-state index in [1.165, 1.54) is 11.1 Å². The zero-order valence-electron chi connectivity index (χ0n) is 11.9. The molecule has 1 N–H and O–H groups in total. The van der Waals surface area contributed by atoms with Gasteiger partial charge in [0.15, 0.2) is 0 Å². The van der Waals surface area contributed by atoms with Crippen molar-refractivity contribution in [2.75, 3.05) is 13.6 Å². The van der Waals surface area contributed by atoms with E-state index in [9.17, 15) is 9.90 Å². The lowest BCUT2D eigenvalue weighted by Crippen LogP contribution is -2.72. The van der Waals surface area contributed by atoms with Gasteiger partial charge in [-0.05, 0) is 44.0 Å². The minimum absolute atomic E-state index is 0.152. The smallest absolute Gasteiger partial charge is 0.134 e. The van der Waals surface area contributed by atoms with Crippen LogP contribution in [0.25, 0.3) is 0 Å². The van der Waals surface area contributed by atoms with Gasteiger partial charge < -0.3 is 10.0 Å². The highest BCUT2D eigenvalue weighted by Crippen LogP contribution is 2.56. The van der Waals surface area contributed by atoms with Crippen LogP contribution >= 0.6 is 0 Å². The molecule has 4 rings (SSSR count). The summed E-state index contributed by atoms with van der Waals surface area (Å²) in [7, 11) is 2.11. The maximum Gasteiger partial charge on any atom is 0.134 e. The third kappa shape index (κ3) is 1.35. The summed E-state index contributed by atoms with van der Waals surface area (Å²) in [5.74, 6) is 0.315. The number of carbonyl (C=O) groups is 1. The standard InChI is InChI=1S/C17H21NO2/c1-18-9-8-16-11-13(19)6-7-17(16,20)15(18)10-12-4-2-3-5-14(12)16/h2-5,15,20H,6-11H2,1H3/t15-,16-,17?/m1/s1. The van der Waals surface area contributed by atoms with Crippen LogP contribution in [0.1, 0.15) is 36.8 Å². The van der Waals surface area contributed by atoms with Gasteiger partial charge in [0, 0.05) is 24.3 Å². The molecule has 1 unspecified atom stereocenters. The molecule has 3 atom stereocenters. The zero-order valence-corrected chi connectivity index (χ0v) is 11.9. The Bertz CT molecular complexity index is 584. The molecule has 3 aliphatic rings. The molecule has 106 valence electrons. The third-order valence-electron chi connectivity index (χ3n) is 6.03. The first-order chi connectivity index (χ1) is 9.57. The Labute approximate surface area is 119 Å². The quantitative estimate of drug-likeness (QED) is 0.780. The Balaban J connectivity index is 1.97. The summed E-state index contributed by atoms with van der Waals surface area (Å²) in [4.78, 5) is 14.4. The van der Waals surface area contributed by atoms with E-state index in [1.807, 2.05) is 6.07 Å². The van der Waals surface area contributed by atoms with Crippen LogP contribution in [0.2, 0.25) is 0 Å². The predicted molar refractivity (Wildman–Crippen MR) is 76.7 cm³/mol. The fourth-order valence-electron chi connectivity index (χ4n) is 4.99. The molecule has 2 fully saturated rings. The van der Waals surface area contributed by atoms with Crippen molar-refractivity contribution < 1.29 is 9.90 Å².